The zero-order valence-electron chi connectivity index (χ0n) is 14.3. The number of ether oxygens (including phenoxy) is 1. The van der Waals surface area contributed by atoms with E-state index in [0.717, 1.165) is 30.8 Å². The summed E-state index contributed by atoms with van der Waals surface area (Å²) in [6, 6.07) is 5.65. The molecule has 0 aliphatic carbocycles. The summed E-state index contributed by atoms with van der Waals surface area (Å²) in [5.74, 6) is 1.73. The van der Waals surface area contributed by atoms with Crippen LogP contribution in [0.1, 0.15) is 31.2 Å². The molecule has 4 rings (SSSR count). The Hall–Kier alpha value is -2.58. The molecule has 9 heteroatoms. The number of fused-ring (bicyclic) bond motifs is 1. The van der Waals surface area contributed by atoms with Crippen LogP contribution in [0.15, 0.2) is 30.7 Å². The minimum atomic E-state index is -0.566. The first kappa shape index (κ1) is 16.9. The van der Waals surface area contributed by atoms with Crippen LogP contribution >= 0.6 is 11.6 Å². The average molecular weight is 375 g/mol. The molecule has 2 aromatic heterocycles. The maximum Gasteiger partial charge on any atom is 0.246 e. The molecule has 8 nitrogen and oxygen atoms in total. The minimum Gasteiger partial charge on any atom is -0.494 e. The molecule has 3 aromatic rings. The highest BCUT2D eigenvalue weighted by Crippen LogP contribution is 2.29. The van der Waals surface area contributed by atoms with E-state index in [2.05, 4.69) is 20.4 Å². The third-order valence-corrected chi connectivity index (χ3v) is 4.56. The second kappa shape index (κ2) is 6.97. The number of imidazole rings is 1. The number of aromatic nitrogens is 5. The van der Waals surface area contributed by atoms with E-state index in [9.17, 15) is 5.11 Å². The summed E-state index contributed by atoms with van der Waals surface area (Å²) < 4.78 is 9.05. The number of methoxy groups -OCH3 is 1. The van der Waals surface area contributed by atoms with Crippen molar-refractivity contribution in [3.8, 4) is 11.4 Å². The standard InChI is InChI=1S/C17H19ClN6O2/c1-26-14-8-11(5-6-12(14)23-9-15(18)19-10-23)20-17-21-16-13(25)4-2-3-7-24(16)22-17/h5-6,8-10,13,25H,2-4,7H2,1H3,(H,20,22). The quantitative estimate of drug-likeness (QED) is 0.729. The number of halogens is 1. The van der Waals surface area contributed by atoms with Gasteiger partial charge < -0.3 is 19.7 Å². The molecule has 2 N–H and O–H groups in total. The Morgan fingerprint density at radius 2 is 2.23 bits per heavy atom. The minimum absolute atomic E-state index is 0.413. The maximum atomic E-state index is 10.2. The molecule has 0 bridgehead atoms. The van der Waals surface area contributed by atoms with Gasteiger partial charge in [0.1, 0.15) is 23.3 Å². The van der Waals surface area contributed by atoms with Crippen LogP contribution in [0.2, 0.25) is 5.15 Å². The molecular formula is C17H19ClN6O2. The van der Waals surface area contributed by atoms with E-state index < -0.39 is 6.10 Å². The Morgan fingerprint density at radius 3 is 3.00 bits per heavy atom. The number of aryl methyl sites for hydroxylation is 1. The van der Waals surface area contributed by atoms with Crippen molar-refractivity contribution in [1.82, 2.24) is 24.3 Å². The van der Waals surface area contributed by atoms with Gasteiger partial charge in [-0.05, 0) is 31.4 Å². The smallest absolute Gasteiger partial charge is 0.246 e. The van der Waals surface area contributed by atoms with Gasteiger partial charge in [0, 0.05) is 24.5 Å². The highest BCUT2D eigenvalue weighted by Gasteiger charge is 2.21. The lowest BCUT2D eigenvalue weighted by molar-refractivity contribution is 0.156. The molecule has 3 heterocycles. The van der Waals surface area contributed by atoms with Gasteiger partial charge in [-0.2, -0.15) is 4.98 Å². The second-order valence-electron chi connectivity index (χ2n) is 6.14. The van der Waals surface area contributed by atoms with Crippen molar-refractivity contribution in [2.24, 2.45) is 0 Å². The number of rotatable bonds is 4. The number of nitrogens with one attached hydrogen (secondary N) is 1. The fourth-order valence-electron chi connectivity index (χ4n) is 3.07. The molecule has 0 fully saturated rings. The molecule has 0 saturated carbocycles. The van der Waals surface area contributed by atoms with E-state index in [1.807, 2.05) is 18.2 Å². The van der Waals surface area contributed by atoms with E-state index in [0.29, 0.717) is 29.1 Å². The van der Waals surface area contributed by atoms with E-state index in [1.54, 1.807) is 28.9 Å². The van der Waals surface area contributed by atoms with Crippen molar-refractivity contribution in [2.75, 3.05) is 12.4 Å². The summed E-state index contributed by atoms with van der Waals surface area (Å²) >= 11 is 5.89. The second-order valence-corrected chi connectivity index (χ2v) is 6.53. The largest absolute Gasteiger partial charge is 0.494 e. The first-order valence-corrected chi connectivity index (χ1v) is 8.79. The summed E-state index contributed by atoms with van der Waals surface area (Å²) in [7, 11) is 1.61. The van der Waals surface area contributed by atoms with Gasteiger partial charge in [0.15, 0.2) is 5.82 Å². The lowest BCUT2D eigenvalue weighted by Gasteiger charge is -2.11. The van der Waals surface area contributed by atoms with Gasteiger partial charge in [-0.15, -0.1) is 5.10 Å². The summed E-state index contributed by atoms with van der Waals surface area (Å²) in [5, 5.41) is 18.2. The lowest BCUT2D eigenvalue weighted by atomic mass is 10.2. The summed E-state index contributed by atoms with van der Waals surface area (Å²) in [6.45, 7) is 0.769. The average Bonchev–Trinajstić information content (AvgIpc) is 3.20. The lowest BCUT2D eigenvalue weighted by Crippen LogP contribution is -2.06. The normalized spacial score (nSPS) is 16.8. The van der Waals surface area contributed by atoms with E-state index in [-0.39, 0.29) is 0 Å². The molecule has 0 spiro atoms. The zero-order valence-corrected chi connectivity index (χ0v) is 15.0. The first-order valence-electron chi connectivity index (χ1n) is 8.42. The third kappa shape index (κ3) is 3.25. The van der Waals surface area contributed by atoms with E-state index in [1.165, 1.54) is 0 Å². The van der Waals surface area contributed by atoms with Crippen LogP contribution in [-0.4, -0.2) is 36.5 Å². The summed E-state index contributed by atoms with van der Waals surface area (Å²) in [4.78, 5) is 8.47. The number of anilines is 2. The fourth-order valence-corrected chi connectivity index (χ4v) is 3.22. The van der Waals surface area contributed by atoms with Gasteiger partial charge >= 0.3 is 0 Å². The van der Waals surface area contributed by atoms with Crippen LogP contribution in [0.25, 0.3) is 5.69 Å². The molecule has 1 atom stereocenters. The maximum absolute atomic E-state index is 10.2. The van der Waals surface area contributed by atoms with Gasteiger partial charge in [0.2, 0.25) is 5.95 Å². The fraction of sp³-hybridized carbons (Fsp3) is 0.353. The van der Waals surface area contributed by atoms with Crippen LogP contribution in [0.3, 0.4) is 0 Å². The molecular weight excluding hydrogens is 356 g/mol. The van der Waals surface area contributed by atoms with E-state index >= 15 is 0 Å². The zero-order chi connectivity index (χ0) is 18.1. The molecule has 1 unspecified atom stereocenters. The van der Waals surface area contributed by atoms with Gasteiger partial charge in [0.25, 0.3) is 0 Å². The van der Waals surface area contributed by atoms with Crippen molar-refractivity contribution in [1.29, 1.82) is 0 Å². The van der Waals surface area contributed by atoms with Crippen LogP contribution in [0.4, 0.5) is 11.6 Å². The van der Waals surface area contributed by atoms with Crippen molar-refractivity contribution in [3.05, 3.63) is 41.7 Å². The molecule has 0 radical (unpaired) electrons. The first-order chi connectivity index (χ1) is 12.6. The van der Waals surface area contributed by atoms with Crippen LogP contribution in [0, 0.1) is 0 Å². The predicted molar refractivity (Wildman–Crippen MR) is 97.2 cm³/mol. The SMILES string of the molecule is COc1cc(Nc2nc3n(n2)CCCCC3O)ccc1-n1cnc(Cl)c1. The number of benzene rings is 1. The number of hydrogen-bond acceptors (Lipinski definition) is 6. The highest BCUT2D eigenvalue weighted by molar-refractivity contribution is 6.29. The van der Waals surface area contributed by atoms with Crippen LogP contribution < -0.4 is 10.1 Å². The van der Waals surface area contributed by atoms with Crippen LogP contribution in [-0.2, 0) is 6.54 Å². The Morgan fingerprint density at radius 1 is 1.35 bits per heavy atom. The Kier molecular flexibility index (Phi) is 4.52. The molecule has 1 aromatic carbocycles. The van der Waals surface area contributed by atoms with Gasteiger partial charge in [-0.1, -0.05) is 11.6 Å². The Balaban J connectivity index is 1.60. The number of nitrogens with zero attached hydrogens (tertiary/aromatic N) is 5. The monoisotopic (exact) mass is 374 g/mol. The molecule has 0 saturated heterocycles. The van der Waals surface area contributed by atoms with Crippen molar-refractivity contribution in [2.45, 2.75) is 31.9 Å². The third-order valence-electron chi connectivity index (χ3n) is 4.36. The number of aliphatic hydroxyl groups excluding tert-OH is 1. The number of hydrogen-bond donors (Lipinski definition) is 2. The van der Waals surface area contributed by atoms with Crippen molar-refractivity contribution in [3.63, 3.8) is 0 Å². The van der Waals surface area contributed by atoms with Crippen molar-refractivity contribution >= 4 is 23.2 Å². The predicted octanol–water partition coefficient (Wildman–Crippen LogP) is 3.09. The van der Waals surface area contributed by atoms with Gasteiger partial charge in [0.05, 0.1) is 12.8 Å². The van der Waals surface area contributed by atoms with Crippen molar-refractivity contribution < 1.29 is 9.84 Å². The van der Waals surface area contributed by atoms with Gasteiger partial charge in [-0.25, -0.2) is 9.67 Å². The summed E-state index contributed by atoms with van der Waals surface area (Å²) in [5.41, 5.74) is 1.61. The van der Waals surface area contributed by atoms with Gasteiger partial charge in [-0.3, -0.25) is 0 Å². The number of aliphatic hydroxyl groups is 1. The van der Waals surface area contributed by atoms with Crippen LogP contribution in [0.5, 0.6) is 5.75 Å². The molecule has 1 aliphatic heterocycles. The molecule has 1 aliphatic rings. The topological polar surface area (TPSA) is 90.0 Å². The Labute approximate surface area is 155 Å². The molecule has 0 amide bonds. The molecule has 136 valence electrons. The Bertz CT molecular complexity index is 922. The highest BCUT2D eigenvalue weighted by atomic mass is 35.5. The van der Waals surface area contributed by atoms with E-state index in [4.69, 9.17) is 16.3 Å². The molecule has 26 heavy (non-hydrogen) atoms. The summed E-state index contributed by atoms with van der Waals surface area (Å²) in [6.07, 6.45) is 5.45.